The first kappa shape index (κ1) is 42.8. The lowest BCUT2D eigenvalue weighted by Crippen LogP contribution is -2.54. The summed E-state index contributed by atoms with van der Waals surface area (Å²) in [6, 6.07) is 13.9. The fraction of sp³-hybridized carbons (Fsp3) is 0.452. The minimum absolute atomic E-state index is 0.0150. The number of hydrogen-bond acceptors (Lipinski definition) is 13. The van der Waals surface area contributed by atoms with Crippen LogP contribution in [-0.2, 0) is 22.7 Å². The number of aryl methyl sites for hydroxylation is 2. The number of aromatic nitrogens is 4. The molecule has 5 atom stereocenters. The number of imide groups is 2. The van der Waals surface area contributed by atoms with Gasteiger partial charge in [-0.2, -0.15) is 0 Å². The summed E-state index contributed by atoms with van der Waals surface area (Å²) in [5.74, 6) is -1.71. The van der Waals surface area contributed by atoms with E-state index in [0.29, 0.717) is 69.4 Å². The van der Waals surface area contributed by atoms with Crippen molar-refractivity contribution in [1.82, 2.24) is 29.8 Å². The first-order chi connectivity index (χ1) is 28.4. The highest BCUT2D eigenvalue weighted by Crippen LogP contribution is 2.34. The van der Waals surface area contributed by atoms with Crippen molar-refractivity contribution in [2.75, 3.05) is 6.61 Å². The number of rotatable bonds is 21. The smallest absolute Gasteiger partial charge is 0.266 e. The van der Waals surface area contributed by atoms with Gasteiger partial charge >= 0.3 is 0 Å². The van der Waals surface area contributed by atoms with Gasteiger partial charge in [0.2, 0.25) is 11.8 Å². The number of carbonyl (C=O) groups excluding carboxylic acids is 4. The van der Waals surface area contributed by atoms with E-state index in [1.54, 1.807) is 64.1 Å². The maximum atomic E-state index is 13.3. The molecule has 0 spiro atoms. The fourth-order valence-electron chi connectivity index (χ4n) is 7.09. The molecule has 0 saturated carbocycles. The van der Waals surface area contributed by atoms with Crippen molar-refractivity contribution in [2.24, 2.45) is 0 Å². The first-order valence-corrected chi connectivity index (χ1v) is 19.9. The van der Waals surface area contributed by atoms with E-state index in [1.165, 1.54) is 12.1 Å². The van der Waals surface area contributed by atoms with E-state index in [2.05, 4.69) is 15.6 Å². The molecule has 0 radical (unpaired) electrons. The van der Waals surface area contributed by atoms with Gasteiger partial charge < -0.3 is 29.9 Å². The largest absolute Gasteiger partial charge is 0.493 e. The molecule has 4 heterocycles. The average Bonchev–Trinajstić information content (AvgIpc) is 3.79. The summed E-state index contributed by atoms with van der Waals surface area (Å²) in [7, 11) is 0. The van der Waals surface area contributed by atoms with Gasteiger partial charge in [0.05, 0.1) is 48.3 Å². The maximum absolute atomic E-state index is 13.3. The van der Waals surface area contributed by atoms with Crippen molar-refractivity contribution in [1.29, 1.82) is 0 Å². The summed E-state index contributed by atoms with van der Waals surface area (Å²) in [6.45, 7) is 2.47. The Morgan fingerprint density at radius 3 is 2.10 bits per heavy atom. The predicted molar refractivity (Wildman–Crippen MR) is 211 cm³/mol. The number of fused-ring (bicyclic) bond motifs is 1. The average molecular weight is 815 g/mol. The molecule has 314 valence electrons. The molecule has 2 aromatic heterocycles. The highest BCUT2D eigenvalue weighted by molar-refractivity contribution is 6.24. The van der Waals surface area contributed by atoms with Gasteiger partial charge in [-0.3, -0.25) is 43.4 Å². The Kier molecular flexibility index (Phi) is 14.4. The summed E-state index contributed by atoms with van der Waals surface area (Å²) in [5.41, 5.74) is 2.14. The zero-order valence-corrected chi connectivity index (χ0v) is 32.8. The van der Waals surface area contributed by atoms with Crippen LogP contribution < -0.4 is 20.3 Å². The monoisotopic (exact) mass is 814 g/mol. The van der Waals surface area contributed by atoms with Crippen LogP contribution in [0.2, 0.25) is 0 Å². The maximum Gasteiger partial charge on any atom is 0.266 e. The van der Waals surface area contributed by atoms with Crippen molar-refractivity contribution in [2.45, 2.75) is 115 Å². The highest BCUT2D eigenvalue weighted by Gasteiger charge is 2.46. The van der Waals surface area contributed by atoms with Crippen LogP contribution in [0.25, 0.3) is 5.69 Å². The van der Waals surface area contributed by atoms with E-state index < -0.39 is 54.1 Å². The summed E-state index contributed by atoms with van der Waals surface area (Å²) < 4.78 is 14.7. The van der Waals surface area contributed by atoms with Crippen LogP contribution in [-0.4, -0.2) is 106 Å². The van der Waals surface area contributed by atoms with Gasteiger partial charge in [0.1, 0.15) is 29.8 Å². The van der Waals surface area contributed by atoms with Gasteiger partial charge in [0.25, 0.3) is 17.4 Å². The number of nitrogens with one attached hydrogen (secondary N) is 1. The number of ether oxygens (including phenoxy) is 2. The number of pyridine rings is 1. The third-order valence-corrected chi connectivity index (χ3v) is 10.5. The van der Waals surface area contributed by atoms with Gasteiger partial charge in [0.15, 0.2) is 0 Å². The van der Waals surface area contributed by atoms with Crippen LogP contribution in [0.3, 0.4) is 0 Å². The minimum Gasteiger partial charge on any atom is -0.493 e. The van der Waals surface area contributed by atoms with Crippen molar-refractivity contribution in [3.63, 3.8) is 0 Å². The van der Waals surface area contributed by atoms with Crippen LogP contribution >= 0.6 is 0 Å². The van der Waals surface area contributed by atoms with E-state index in [0.717, 1.165) is 16.2 Å². The number of amides is 4. The van der Waals surface area contributed by atoms with Crippen LogP contribution in [0.1, 0.15) is 96.2 Å². The Balaban J connectivity index is 0.835. The number of benzene rings is 2. The van der Waals surface area contributed by atoms with Gasteiger partial charge in [-0.1, -0.05) is 17.3 Å². The van der Waals surface area contributed by atoms with Gasteiger partial charge in [-0.05, 0) is 100 Å². The molecule has 17 nitrogen and oxygen atoms in total. The first-order valence-electron chi connectivity index (χ1n) is 19.9. The summed E-state index contributed by atoms with van der Waals surface area (Å²) >= 11 is 0. The van der Waals surface area contributed by atoms with Crippen molar-refractivity contribution >= 4 is 23.6 Å². The molecular formula is C42H50N6O11. The topological polar surface area (TPSA) is 236 Å². The molecule has 1 fully saturated rings. The fourth-order valence-corrected chi connectivity index (χ4v) is 7.09. The molecule has 0 aliphatic carbocycles. The van der Waals surface area contributed by atoms with E-state index in [9.17, 15) is 44.4 Å². The number of aliphatic hydroxyl groups is 4. The Bertz CT molecular complexity index is 2170. The molecule has 2 aliphatic heterocycles. The normalized spacial score (nSPS) is 17.4. The second-order valence-electron chi connectivity index (χ2n) is 15.1. The van der Waals surface area contributed by atoms with Gasteiger partial charge in [-0.25, -0.2) is 0 Å². The molecule has 5 unspecified atom stereocenters. The minimum atomic E-state index is -1.09. The summed E-state index contributed by atoms with van der Waals surface area (Å²) in [6.07, 6.45) is 3.57. The molecule has 1 saturated heterocycles. The zero-order valence-electron chi connectivity index (χ0n) is 32.8. The zero-order chi connectivity index (χ0) is 42.1. The number of hydrogen-bond donors (Lipinski definition) is 5. The predicted octanol–water partition coefficient (Wildman–Crippen LogP) is 2.36. The van der Waals surface area contributed by atoms with E-state index in [4.69, 9.17) is 9.47 Å². The van der Waals surface area contributed by atoms with Gasteiger partial charge in [-0.15, -0.1) is 5.10 Å². The number of aliphatic hydroxyl groups excluding tert-OH is 4. The standard InChI is InChI=1S/C42H50N6O11/c1-26-5-18-38(54)47(23-26)28-6-14-33(15-7-28)58-22-20-32(52)13-11-30(50)9-8-29(49)10-12-31(51)19-21-46-24-27(44-45-46)25-59-36-4-2-3-34-39(36)42(57)48(41(34)56)35-16-17-37(53)43-40(35)55/h2-7,14-15,18,23-24,29-32,35,49-52H,8-13,16-17,19-22,25H2,1H3,(H,43,53,55). The number of nitrogens with zero attached hydrogens (tertiary/aromatic N) is 5. The quantitative estimate of drug-likeness (QED) is 0.0761. The molecule has 2 aromatic carbocycles. The van der Waals surface area contributed by atoms with Crippen molar-refractivity contribution in [3.8, 4) is 17.2 Å². The summed E-state index contributed by atoms with van der Waals surface area (Å²) in [5, 5.41) is 52.2. The second-order valence-corrected chi connectivity index (χ2v) is 15.1. The molecule has 59 heavy (non-hydrogen) atoms. The Morgan fingerprint density at radius 2 is 1.42 bits per heavy atom. The van der Waals surface area contributed by atoms with Crippen molar-refractivity contribution < 1.29 is 49.1 Å². The molecule has 4 aromatic rings. The van der Waals surface area contributed by atoms with Crippen LogP contribution in [0, 0.1) is 6.92 Å². The number of carbonyl (C=O) groups is 4. The lowest BCUT2D eigenvalue weighted by Gasteiger charge is -2.27. The summed E-state index contributed by atoms with van der Waals surface area (Å²) in [4.78, 5) is 63.4. The molecule has 5 N–H and O–H groups in total. The third kappa shape index (κ3) is 11.3. The van der Waals surface area contributed by atoms with Crippen LogP contribution in [0.15, 0.2) is 71.8 Å². The Hall–Kier alpha value is -5.75. The van der Waals surface area contributed by atoms with Gasteiger partial charge in [0, 0.05) is 37.3 Å². The number of piperidine rings is 1. The Morgan fingerprint density at radius 1 is 0.763 bits per heavy atom. The van der Waals surface area contributed by atoms with E-state index in [-0.39, 0.29) is 48.5 Å². The third-order valence-electron chi connectivity index (χ3n) is 10.5. The molecule has 6 rings (SSSR count). The molecule has 0 bridgehead atoms. The van der Waals surface area contributed by atoms with E-state index >= 15 is 0 Å². The Labute approximate surface area is 340 Å². The van der Waals surface area contributed by atoms with Crippen LogP contribution in [0.4, 0.5) is 0 Å². The lowest BCUT2D eigenvalue weighted by atomic mass is 9.99. The second kappa shape index (κ2) is 19.8. The molecule has 4 amide bonds. The van der Waals surface area contributed by atoms with Crippen LogP contribution in [0.5, 0.6) is 11.5 Å². The molecule has 17 heteroatoms. The molecular weight excluding hydrogens is 764 g/mol. The molecule has 2 aliphatic rings. The van der Waals surface area contributed by atoms with E-state index in [1.807, 2.05) is 6.92 Å². The SMILES string of the molecule is Cc1ccc(=O)n(-c2ccc(OCCC(O)CCC(O)CCC(O)CCC(O)CCn3cc(COc4cccc5c4C(=O)N(C4CCC(=O)NC4=O)C5=O)nn3)cc2)c1. The van der Waals surface area contributed by atoms with Crippen molar-refractivity contribution in [3.05, 3.63) is 99.7 Å². The lowest BCUT2D eigenvalue weighted by molar-refractivity contribution is -0.136. The highest BCUT2D eigenvalue weighted by atomic mass is 16.5.